The first-order valence-electron chi connectivity index (χ1n) is 17.5. The van der Waals surface area contributed by atoms with Gasteiger partial charge in [-0.15, -0.1) is 0 Å². The van der Waals surface area contributed by atoms with E-state index in [1.807, 2.05) is 14.1 Å². The maximum Gasteiger partial charge on any atom is 0.229 e. The number of ketones is 1. The van der Waals surface area contributed by atoms with E-state index < -0.39 is 0 Å². The zero-order chi connectivity index (χ0) is 30.7. The standard InChI is InChI=1S/C35H58N4O4/c1-21-10-13-35(37-20-21)22(2)32-28(43-35)17-27-25-9-8-23-16-24(38-31(42)19-30(41)36-14-7-15-39(5)6)11-12-33(23,3)26(25)18-29(40)34(27,32)4/h21-28,32,37H,7-20H2,1-6H3,(H,36,41)(H,38,42)/t21-,22-,23+,24+,25+,26-,27-,28-,32-,33-,34+,35+/m0/s1. The average molecular weight is 599 g/mol. The van der Waals surface area contributed by atoms with Gasteiger partial charge < -0.3 is 20.3 Å². The number of amides is 2. The van der Waals surface area contributed by atoms with Gasteiger partial charge in [-0.05, 0) is 113 Å². The molecule has 43 heavy (non-hydrogen) atoms. The fourth-order valence-electron chi connectivity index (χ4n) is 11.4. The summed E-state index contributed by atoms with van der Waals surface area (Å²) >= 11 is 0. The molecule has 8 nitrogen and oxygen atoms in total. The molecule has 0 aromatic carbocycles. The summed E-state index contributed by atoms with van der Waals surface area (Å²) in [5, 5.41) is 9.88. The maximum absolute atomic E-state index is 14.3. The predicted molar refractivity (Wildman–Crippen MR) is 167 cm³/mol. The van der Waals surface area contributed by atoms with Crippen LogP contribution >= 0.6 is 0 Å². The summed E-state index contributed by atoms with van der Waals surface area (Å²) in [4.78, 5) is 41.5. The number of nitrogens with zero attached hydrogens (tertiary/aromatic N) is 1. The molecule has 2 aliphatic heterocycles. The highest BCUT2D eigenvalue weighted by Crippen LogP contribution is 2.70. The third-order valence-electron chi connectivity index (χ3n) is 13.8. The number of Topliss-reactive ketones (excluding diaryl/α,β-unsaturated/α-hetero) is 1. The van der Waals surface area contributed by atoms with Crippen molar-refractivity contribution in [2.45, 2.75) is 116 Å². The molecule has 1 spiro atoms. The van der Waals surface area contributed by atoms with Crippen molar-refractivity contribution in [3.05, 3.63) is 0 Å². The van der Waals surface area contributed by atoms with E-state index in [-0.39, 0.29) is 46.9 Å². The Morgan fingerprint density at radius 1 is 1.02 bits per heavy atom. The van der Waals surface area contributed by atoms with Gasteiger partial charge in [0.15, 0.2) is 0 Å². The van der Waals surface area contributed by atoms with Crippen LogP contribution in [0.1, 0.15) is 98.3 Å². The lowest BCUT2D eigenvalue weighted by molar-refractivity contribution is -0.160. The summed E-state index contributed by atoms with van der Waals surface area (Å²) in [6, 6.07) is 0.121. The Balaban J connectivity index is 1.07. The second-order valence-corrected chi connectivity index (χ2v) is 16.4. The van der Waals surface area contributed by atoms with E-state index in [0.29, 0.717) is 60.2 Å². The van der Waals surface area contributed by atoms with Crippen molar-refractivity contribution in [2.24, 2.45) is 52.3 Å². The van der Waals surface area contributed by atoms with Crippen LogP contribution in [0.25, 0.3) is 0 Å². The molecule has 2 saturated heterocycles. The zero-order valence-electron chi connectivity index (χ0n) is 27.7. The van der Waals surface area contributed by atoms with Gasteiger partial charge >= 0.3 is 0 Å². The lowest BCUT2D eigenvalue weighted by Gasteiger charge is -2.60. The molecule has 12 atom stereocenters. The normalized spacial score (nSPS) is 47.0. The fourth-order valence-corrected chi connectivity index (χ4v) is 11.4. The van der Waals surface area contributed by atoms with Gasteiger partial charge in [0.05, 0.1) is 6.10 Å². The second kappa shape index (κ2) is 11.7. The number of hydrogen-bond acceptors (Lipinski definition) is 6. The van der Waals surface area contributed by atoms with Gasteiger partial charge in [-0.25, -0.2) is 0 Å². The van der Waals surface area contributed by atoms with Crippen LogP contribution in [0.4, 0.5) is 0 Å². The van der Waals surface area contributed by atoms with Crippen LogP contribution in [0.2, 0.25) is 0 Å². The molecule has 6 aliphatic rings. The number of nitrogens with one attached hydrogen (secondary N) is 3. The molecule has 6 fully saturated rings. The first-order valence-corrected chi connectivity index (χ1v) is 17.5. The van der Waals surface area contributed by atoms with Gasteiger partial charge in [0.25, 0.3) is 0 Å². The summed E-state index contributed by atoms with van der Waals surface area (Å²) < 4.78 is 6.97. The molecule has 0 aromatic rings. The minimum atomic E-state index is -0.277. The van der Waals surface area contributed by atoms with Gasteiger partial charge in [0.2, 0.25) is 11.8 Å². The Morgan fingerprint density at radius 3 is 2.53 bits per heavy atom. The van der Waals surface area contributed by atoms with Crippen LogP contribution in [0.3, 0.4) is 0 Å². The number of hydrogen-bond donors (Lipinski definition) is 3. The van der Waals surface area contributed by atoms with Crippen molar-refractivity contribution in [2.75, 3.05) is 33.7 Å². The summed E-state index contributed by atoms with van der Waals surface area (Å²) in [5.41, 5.74) is -0.384. The number of rotatable bonds is 7. The van der Waals surface area contributed by atoms with Crippen molar-refractivity contribution >= 4 is 17.6 Å². The van der Waals surface area contributed by atoms with Crippen LogP contribution in [0.5, 0.6) is 0 Å². The largest absolute Gasteiger partial charge is 0.357 e. The quantitative estimate of drug-likeness (QED) is 0.301. The van der Waals surface area contributed by atoms with Crippen LogP contribution < -0.4 is 16.0 Å². The van der Waals surface area contributed by atoms with E-state index in [0.717, 1.165) is 51.6 Å². The zero-order valence-corrected chi connectivity index (χ0v) is 27.7. The Bertz CT molecular complexity index is 1090. The van der Waals surface area contributed by atoms with Crippen LogP contribution in [0.15, 0.2) is 0 Å². The summed E-state index contributed by atoms with van der Waals surface area (Å²) in [5.74, 6) is 3.44. The molecule has 4 saturated carbocycles. The fraction of sp³-hybridized carbons (Fsp3) is 0.914. The third-order valence-corrected chi connectivity index (χ3v) is 13.8. The number of piperidine rings is 1. The molecular weight excluding hydrogens is 540 g/mol. The number of carbonyl (C=O) groups is 3. The number of ether oxygens (including phenoxy) is 1. The highest BCUT2D eigenvalue weighted by molar-refractivity contribution is 5.97. The Hall–Kier alpha value is -1.51. The SMILES string of the molecule is C[C@H]1CC[C@@]2(NC1)O[C@H]1C[C@H]3[C@@H]4CC[C@@H]5C[C@H](NC(=O)CC(=O)NCCCN(C)C)CC[C@]5(C)[C@H]4CC(=O)[C@]3(C)[C@H]1[C@@H]2C. The topological polar surface area (TPSA) is 99.8 Å². The minimum absolute atomic E-state index is 0.0987. The van der Waals surface area contributed by atoms with E-state index in [2.05, 4.69) is 48.5 Å². The molecule has 0 aromatic heterocycles. The summed E-state index contributed by atoms with van der Waals surface area (Å²) in [7, 11) is 4.02. The van der Waals surface area contributed by atoms with Crippen molar-refractivity contribution in [1.29, 1.82) is 0 Å². The molecule has 3 N–H and O–H groups in total. The first-order chi connectivity index (χ1) is 20.4. The molecule has 6 rings (SSSR count). The van der Waals surface area contributed by atoms with E-state index in [1.165, 1.54) is 19.3 Å². The van der Waals surface area contributed by atoms with Gasteiger partial charge in [-0.2, -0.15) is 0 Å². The summed E-state index contributed by atoms with van der Waals surface area (Å²) in [6.45, 7) is 12.0. The van der Waals surface area contributed by atoms with Crippen molar-refractivity contribution < 1.29 is 19.1 Å². The molecule has 2 heterocycles. The molecule has 4 aliphatic carbocycles. The average Bonchev–Trinajstić information content (AvgIpc) is 3.40. The van der Waals surface area contributed by atoms with Gasteiger partial charge in [-0.3, -0.25) is 19.7 Å². The van der Waals surface area contributed by atoms with Crippen LogP contribution in [0, 0.1) is 52.3 Å². The van der Waals surface area contributed by atoms with E-state index in [1.54, 1.807) is 0 Å². The predicted octanol–water partition coefficient (Wildman–Crippen LogP) is 4.13. The lowest BCUT2D eigenvalue weighted by Crippen LogP contribution is -2.60. The lowest BCUT2D eigenvalue weighted by atomic mass is 9.44. The van der Waals surface area contributed by atoms with Gasteiger partial charge in [0.1, 0.15) is 17.9 Å². The Morgan fingerprint density at radius 2 is 1.81 bits per heavy atom. The smallest absolute Gasteiger partial charge is 0.229 e. The van der Waals surface area contributed by atoms with Gasteiger partial charge in [0, 0.05) is 42.8 Å². The monoisotopic (exact) mass is 598 g/mol. The van der Waals surface area contributed by atoms with E-state index in [9.17, 15) is 14.4 Å². The Labute approximate surface area is 259 Å². The highest BCUT2D eigenvalue weighted by Gasteiger charge is 2.71. The molecular formula is C35H58N4O4. The maximum atomic E-state index is 14.3. The second-order valence-electron chi connectivity index (χ2n) is 16.4. The van der Waals surface area contributed by atoms with Crippen LogP contribution in [-0.4, -0.2) is 74.1 Å². The third kappa shape index (κ3) is 5.39. The molecule has 8 heteroatoms. The van der Waals surface area contributed by atoms with Gasteiger partial charge in [-0.1, -0.05) is 27.7 Å². The summed E-state index contributed by atoms with van der Waals surface area (Å²) in [6.07, 6.45) is 10.3. The molecule has 0 radical (unpaired) electrons. The first kappa shape index (κ1) is 31.5. The highest BCUT2D eigenvalue weighted by atomic mass is 16.5. The van der Waals surface area contributed by atoms with Crippen LogP contribution in [-0.2, 0) is 19.1 Å². The minimum Gasteiger partial charge on any atom is -0.357 e. The number of fused-ring (bicyclic) bond motifs is 7. The Kier molecular flexibility index (Phi) is 8.56. The van der Waals surface area contributed by atoms with Crippen molar-refractivity contribution in [3.8, 4) is 0 Å². The molecule has 0 unspecified atom stereocenters. The molecule has 242 valence electrons. The molecule has 2 amide bonds. The van der Waals surface area contributed by atoms with Crippen molar-refractivity contribution in [3.63, 3.8) is 0 Å². The molecule has 0 bridgehead atoms. The van der Waals surface area contributed by atoms with E-state index in [4.69, 9.17) is 4.74 Å². The van der Waals surface area contributed by atoms with Crippen molar-refractivity contribution in [1.82, 2.24) is 20.9 Å². The van der Waals surface area contributed by atoms with E-state index >= 15 is 0 Å². The number of carbonyl (C=O) groups excluding carboxylic acids is 3.